The van der Waals surface area contributed by atoms with E-state index >= 15 is 0 Å². The first-order valence-corrected chi connectivity index (χ1v) is 7.17. The van der Waals surface area contributed by atoms with Crippen molar-refractivity contribution in [2.45, 2.75) is 19.3 Å². The van der Waals surface area contributed by atoms with Crippen molar-refractivity contribution in [3.63, 3.8) is 0 Å². The van der Waals surface area contributed by atoms with E-state index in [1.807, 2.05) is 49.3 Å². The van der Waals surface area contributed by atoms with Gasteiger partial charge in [-0.3, -0.25) is 9.59 Å². The minimum Gasteiger partial charge on any atom is -0.481 e. The summed E-state index contributed by atoms with van der Waals surface area (Å²) in [6.07, 6.45) is 1.09. The maximum atomic E-state index is 12.3. The van der Waals surface area contributed by atoms with Crippen LogP contribution in [0.3, 0.4) is 0 Å². The van der Waals surface area contributed by atoms with Gasteiger partial charge in [-0.15, -0.1) is 0 Å². The van der Waals surface area contributed by atoms with Crippen LogP contribution in [-0.2, 0) is 16.0 Å². The number of hydrogen-bond acceptors (Lipinski definition) is 3. The summed E-state index contributed by atoms with van der Waals surface area (Å²) in [5, 5.41) is 8.78. The third-order valence-corrected chi connectivity index (χ3v) is 3.24. The zero-order valence-electron chi connectivity index (χ0n) is 12.8. The Labute approximate surface area is 126 Å². The summed E-state index contributed by atoms with van der Waals surface area (Å²) < 4.78 is 0. The molecule has 1 aromatic carbocycles. The average Bonchev–Trinajstić information content (AvgIpc) is 2.45. The van der Waals surface area contributed by atoms with Crippen molar-refractivity contribution in [3.05, 3.63) is 35.9 Å². The Balaban J connectivity index is 2.50. The number of carboxylic acids is 1. The monoisotopic (exact) mass is 292 g/mol. The Bertz CT molecular complexity index is 446. The number of carbonyl (C=O) groups excluding carboxylic acids is 1. The molecule has 0 aliphatic carbocycles. The molecular weight excluding hydrogens is 268 g/mol. The van der Waals surface area contributed by atoms with Gasteiger partial charge < -0.3 is 14.9 Å². The van der Waals surface area contributed by atoms with Crippen LogP contribution in [0.2, 0.25) is 0 Å². The summed E-state index contributed by atoms with van der Waals surface area (Å²) >= 11 is 0. The highest BCUT2D eigenvalue weighted by molar-refractivity contribution is 5.77. The highest BCUT2D eigenvalue weighted by atomic mass is 16.4. The molecule has 0 saturated heterocycles. The van der Waals surface area contributed by atoms with E-state index in [4.69, 9.17) is 5.11 Å². The van der Waals surface area contributed by atoms with Gasteiger partial charge in [0.1, 0.15) is 0 Å². The predicted molar refractivity (Wildman–Crippen MR) is 82.1 cm³/mol. The molecule has 0 aliphatic heterocycles. The second kappa shape index (κ2) is 9.13. The van der Waals surface area contributed by atoms with E-state index in [9.17, 15) is 9.59 Å². The van der Waals surface area contributed by atoms with E-state index in [1.165, 1.54) is 0 Å². The summed E-state index contributed by atoms with van der Waals surface area (Å²) in [4.78, 5) is 26.6. The van der Waals surface area contributed by atoms with Crippen LogP contribution in [0, 0.1) is 0 Å². The van der Waals surface area contributed by atoms with Crippen LogP contribution >= 0.6 is 0 Å². The summed E-state index contributed by atoms with van der Waals surface area (Å²) in [5.74, 6) is -0.859. The van der Waals surface area contributed by atoms with Crippen molar-refractivity contribution in [2.75, 3.05) is 33.7 Å². The second-order valence-electron chi connectivity index (χ2n) is 5.31. The molecule has 0 spiro atoms. The van der Waals surface area contributed by atoms with Crippen LogP contribution in [0.15, 0.2) is 30.3 Å². The molecule has 21 heavy (non-hydrogen) atoms. The molecule has 0 atom stereocenters. The van der Waals surface area contributed by atoms with Crippen molar-refractivity contribution in [1.82, 2.24) is 9.80 Å². The van der Waals surface area contributed by atoms with E-state index in [2.05, 4.69) is 0 Å². The molecule has 0 aliphatic rings. The van der Waals surface area contributed by atoms with Gasteiger partial charge in [0.2, 0.25) is 5.91 Å². The number of hydrogen-bond donors (Lipinski definition) is 1. The number of carbonyl (C=O) groups is 2. The molecule has 5 heteroatoms. The van der Waals surface area contributed by atoms with Gasteiger partial charge in [-0.05, 0) is 26.1 Å². The van der Waals surface area contributed by atoms with E-state index in [1.54, 1.807) is 4.90 Å². The fourth-order valence-electron chi connectivity index (χ4n) is 1.97. The van der Waals surface area contributed by atoms with Crippen molar-refractivity contribution >= 4 is 11.9 Å². The SMILES string of the molecule is CN(C)CCN(CCC(=O)O)C(=O)CCc1ccccc1. The average molecular weight is 292 g/mol. The molecule has 0 unspecified atom stereocenters. The summed E-state index contributed by atoms with van der Waals surface area (Å²) in [7, 11) is 3.87. The largest absolute Gasteiger partial charge is 0.481 e. The zero-order chi connectivity index (χ0) is 15.7. The molecular formula is C16H24N2O3. The minimum atomic E-state index is -0.874. The van der Waals surface area contributed by atoms with Crippen molar-refractivity contribution in [2.24, 2.45) is 0 Å². The van der Waals surface area contributed by atoms with Crippen molar-refractivity contribution in [1.29, 1.82) is 0 Å². The Hall–Kier alpha value is -1.88. The molecule has 1 N–H and O–H groups in total. The summed E-state index contributed by atoms with van der Waals surface area (Å²) in [6, 6.07) is 9.84. The lowest BCUT2D eigenvalue weighted by atomic mass is 10.1. The van der Waals surface area contributed by atoms with E-state index in [-0.39, 0.29) is 18.9 Å². The number of likely N-dealkylation sites (N-methyl/N-ethyl adjacent to an activating group) is 1. The lowest BCUT2D eigenvalue weighted by Gasteiger charge is -2.24. The number of benzene rings is 1. The molecule has 0 fully saturated rings. The van der Waals surface area contributed by atoms with Crippen LogP contribution in [-0.4, -0.2) is 60.5 Å². The molecule has 0 heterocycles. The molecule has 1 amide bonds. The van der Waals surface area contributed by atoms with E-state index < -0.39 is 5.97 Å². The smallest absolute Gasteiger partial charge is 0.305 e. The molecule has 0 aromatic heterocycles. The predicted octanol–water partition coefficient (Wildman–Crippen LogP) is 1.48. The fourth-order valence-corrected chi connectivity index (χ4v) is 1.97. The van der Waals surface area contributed by atoms with Crippen LogP contribution in [0.25, 0.3) is 0 Å². The Kier molecular flexibility index (Phi) is 7.46. The minimum absolute atomic E-state index is 0.00942. The molecule has 1 rings (SSSR count). The first-order chi connectivity index (χ1) is 9.99. The first kappa shape index (κ1) is 17.2. The summed E-state index contributed by atoms with van der Waals surface area (Å²) in [6.45, 7) is 1.57. The number of aryl methyl sites for hydroxylation is 1. The number of aliphatic carboxylic acids is 1. The van der Waals surface area contributed by atoms with Crippen molar-refractivity contribution in [3.8, 4) is 0 Å². The standard InChI is InChI=1S/C16H24N2O3/c1-17(2)12-13-18(11-10-16(20)21)15(19)9-8-14-6-4-3-5-7-14/h3-7H,8-13H2,1-2H3,(H,20,21). The molecule has 0 radical (unpaired) electrons. The van der Waals surface area contributed by atoms with Gasteiger partial charge in [-0.25, -0.2) is 0 Å². The Morgan fingerprint density at radius 1 is 1.00 bits per heavy atom. The first-order valence-electron chi connectivity index (χ1n) is 7.17. The highest BCUT2D eigenvalue weighted by Crippen LogP contribution is 2.05. The van der Waals surface area contributed by atoms with Crippen LogP contribution in [0.4, 0.5) is 0 Å². The van der Waals surface area contributed by atoms with Crippen LogP contribution in [0.5, 0.6) is 0 Å². The fraction of sp³-hybridized carbons (Fsp3) is 0.500. The molecule has 1 aromatic rings. The van der Waals surface area contributed by atoms with Gasteiger partial charge >= 0.3 is 5.97 Å². The molecule has 0 saturated carbocycles. The number of nitrogens with zero attached hydrogens (tertiary/aromatic N) is 2. The van der Waals surface area contributed by atoms with Gasteiger partial charge in [0.25, 0.3) is 0 Å². The Morgan fingerprint density at radius 3 is 2.24 bits per heavy atom. The quantitative estimate of drug-likeness (QED) is 0.749. The second-order valence-corrected chi connectivity index (χ2v) is 5.31. The Morgan fingerprint density at radius 2 is 1.67 bits per heavy atom. The highest BCUT2D eigenvalue weighted by Gasteiger charge is 2.14. The van der Waals surface area contributed by atoms with Crippen molar-refractivity contribution < 1.29 is 14.7 Å². The maximum Gasteiger partial charge on any atom is 0.305 e. The third-order valence-electron chi connectivity index (χ3n) is 3.24. The van der Waals surface area contributed by atoms with E-state index in [0.717, 1.165) is 12.1 Å². The third kappa shape index (κ3) is 7.46. The van der Waals surface area contributed by atoms with Crippen LogP contribution in [0.1, 0.15) is 18.4 Å². The lowest BCUT2D eigenvalue weighted by Crippen LogP contribution is -2.38. The summed E-state index contributed by atoms with van der Waals surface area (Å²) in [5.41, 5.74) is 1.12. The van der Waals surface area contributed by atoms with Gasteiger partial charge in [0.05, 0.1) is 6.42 Å². The van der Waals surface area contributed by atoms with Gasteiger partial charge in [-0.2, -0.15) is 0 Å². The lowest BCUT2D eigenvalue weighted by molar-refractivity contribution is -0.138. The van der Waals surface area contributed by atoms with Gasteiger partial charge in [0.15, 0.2) is 0 Å². The normalized spacial score (nSPS) is 10.6. The van der Waals surface area contributed by atoms with Gasteiger partial charge in [0, 0.05) is 26.1 Å². The van der Waals surface area contributed by atoms with E-state index in [0.29, 0.717) is 19.4 Å². The number of amides is 1. The number of carboxylic acid groups (broad SMARTS) is 1. The topological polar surface area (TPSA) is 60.9 Å². The molecule has 0 bridgehead atoms. The number of rotatable bonds is 9. The zero-order valence-corrected chi connectivity index (χ0v) is 12.8. The maximum absolute atomic E-state index is 12.3. The molecule has 116 valence electrons. The van der Waals surface area contributed by atoms with Gasteiger partial charge in [-0.1, -0.05) is 30.3 Å². The molecule has 5 nitrogen and oxygen atoms in total. The van der Waals surface area contributed by atoms with Crippen LogP contribution < -0.4 is 0 Å².